The van der Waals surface area contributed by atoms with Crippen molar-refractivity contribution < 1.29 is 9.47 Å². The van der Waals surface area contributed by atoms with Gasteiger partial charge in [-0.3, -0.25) is 0 Å². The Morgan fingerprint density at radius 2 is 1.83 bits per heavy atom. The van der Waals surface area contributed by atoms with Gasteiger partial charge in [-0.25, -0.2) is 0 Å². The molecule has 0 aliphatic carbocycles. The minimum Gasteiger partial charge on any atom is -0.494 e. The number of para-hydroxylation sites is 1. The van der Waals surface area contributed by atoms with E-state index in [-0.39, 0.29) is 0 Å². The molecule has 23 heavy (non-hydrogen) atoms. The summed E-state index contributed by atoms with van der Waals surface area (Å²) in [5, 5.41) is 3.44. The van der Waals surface area contributed by atoms with E-state index in [2.05, 4.69) is 31.3 Å². The Balaban J connectivity index is 1.93. The maximum absolute atomic E-state index is 5.81. The van der Waals surface area contributed by atoms with E-state index in [0.29, 0.717) is 12.5 Å². The molecule has 0 heterocycles. The second-order valence-electron chi connectivity index (χ2n) is 5.95. The average molecular weight is 313 g/mol. The van der Waals surface area contributed by atoms with Crippen molar-refractivity contribution in [2.45, 2.75) is 33.7 Å². The van der Waals surface area contributed by atoms with Crippen molar-refractivity contribution in [3.8, 4) is 11.5 Å². The Morgan fingerprint density at radius 3 is 2.61 bits per heavy atom. The number of ether oxygens (including phenoxy) is 2. The summed E-state index contributed by atoms with van der Waals surface area (Å²) >= 11 is 0. The zero-order valence-electron chi connectivity index (χ0n) is 14.3. The van der Waals surface area contributed by atoms with Crippen LogP contribution in [0.3, 0.4) is 0 Å². The molecule has 0 bridgehead atoms. The molecule has 2 aromatic carbocycles. The molecule has 0 saturated heterocycles. The molecule has 0 amide bonds. The van der Waals surface area contributed by atoms with Crippen molar-refractivity contribution in [3.05, 3.63) is 54.1 Å². The van der Waals surface area contributed by atoms with Crippen molar-refractivity contribution in [2.24, 2.45) is 5.92 Å². The number of nitrogens with one attached hydrogen (secondary N) is 1. The fourth-order valence-electron chi connectivity index (χ4n) is 2.25. The molecule has 0 saturated carbocycles. The predicted octanol–water partition coefficient (Wildman–Crippen LogP) is 5.12. The van der Waals surface area contributed by atoms with Gasteiger partial charge in [0, 0.05) is 23.9 Å². The van der Waals surface area contributed by atoms with E-state index < -0.39 is 0 Å². The summed E-state index contributed by atoms with van der Waals surface area (Å²) in [7, 11) is 0. The second kappa shape index (κ2) is 9.09. The largest absolute Gasteiger partial charge is 0.494 e. The zero-order valence-corrected chi connectivity index (χ0v) is 14.3. The Kier molecular flexibility index (Phi) is 6.79. The monoisotopic (exact) mass is 313 g/mol. The molecule has 0 unspecified atom stereocenters. The SMILES string of the molecule is CCOc1ccccc1CNc1cccc(OCCC(C)C)c1. The molecule has 2 rings (SSSR count). The third kappa shape index (κ3) is 5.85. The number of rotatable bonds is 9. The van der Waals surface area contributed by atoms with Crippen LogP contribution < -0.4 is 14.8 Å². The highest BCUT2D eigenvalue weighted by atomic mass is 16.5. The van der Waals surface area contributed by atoms with Crippen molar-refractivity contribution in [3.63, 3.8) is 0 Å². The lowest BCUT2D eigenvalue weighted by Crippen LogP contribution is -2.04. The molecular formula is C20H27NO2. The molecular weight excluding hydrogens is 286 g/mol. The van der Waals surface area contributed by atoms with Gasteiger partial charge in [0.25, 0.3) is 0 Å². The summed E-state index contributed by atoms with van der Waals surface area (Å²) in [5.41, 5.74) is 2.21. The van der Waals surface area contributed by atoms with E-state index in [1.54, 1.807) is 0 Å². The normalized spacial score (nSPS) is 10.6. The summed E-state index contributed by atoms with van der Waals surface area (Å²) in [6, 6.07) is 16.2. The van der Waals surface area contributed by atoms with E-state index in [4.69, 9.17) is 9.47 Å². The quantitative estimate of drug-likeness (QED) is 0.697. The first kappa shape index (κ1) is 17.2. The lowest BCUT2D eigenvalue weighted by atomic mass is 10.1. The standard InChI is InChI=1S/C20H27NO2/c1-4-22-20-11-6-5-8-17(20)15-21-18-9-7-10-19(14-18)23-13-12-16(2)3/h5-11,14,16,21H,4,12-13,15H2,1-3H3. The highest BCUT2D eigenvalue weighted by Gasteiger charge is 2.03. The molecule has 0 radical (unpaired) electrons. The minimum absolute atomic E-state index is 0.659. The molecule has 124 valence electrons. The summed E-state index contributed by atoms with van der Waals surface area (Å²) in [6.45, 7) is 8.58. The van der Waals surface area contributed by atoms with E-state index in [0.717, 1.165) is 42.3 Å². The van der Waals surface area contributed by atoms with Crippen molar-refractivity contribution in [1.82, 2.24) is 0 Å². The van der Waals surface area contributed by atoms with Crippen LogP contribution in [0.15, 0.2) is 48.5 Å². The fourth-order valence-corrected chi connectivity index (χ4v) is 2.25. The average Bonchev–Trinajstić information content (AvgIpc) is 2.54. The molecule has 0 aliphatic rings. The van der Waals surface area contributed by atoms with Crippen LogP contribution in [0.25, 0.3) is 0 Å². The third-order valence-corrected chi connectivity index (χ3v) is 3.55. The number of anilines is 1. The molecule has 0 aliphatic heterocycles. The summed E-state index contributed by atoms with van der Waals surface area (Å²) in [6.07, 6.45) is 1.07. The van der Waals surface area contributed by atoms with E-state index in [9.17, 15) is 0 Å². The van der Waals surface area contributed by atoms with Gasteiger partial charge in [0.1, 0.15) is 11.5 Å². The van der Waals surface area contributed by atoms with E-state index >= 15 is 0 Å². The molecule has 0 atom stereocenters. The van der Waals surface area contributed by atoms with Crippen LogP contribution in [-0.2, 0) is 6.54 Å². The van der Waals surface area contributed by atoms with Crippen LogP contribution in [0.2, 0.25) is 0 Å². The smallest absolute Gasteiger partial charge is 0.124 e. The third-order valence-electron chi connectivity index (χ3n) is 3.55. The van der Waals surface area contributed by atoms with Gasteiger partial charge < -0.3 is 14.8 Å². The highest BCUT2D eigenvalue weighted by Crippen LogP contribution is 2.22. The van der Waals surface area contributed by atoms with E-state index in [1.807, 2.05) is 43.3 Å². The van der Waals surface area contributed by atoms with Crippen LogP contribution in [0, 0.1) is 5.92 Å². The lowest BCUT2D eigenvalue weighted by Gasteiger charge is -2.13. The summed E-state index contributed by atoms with van der Waals surface area (Å²) in [5.74, 6) is 2.51. The Bertz CT molecular complexity index is 596. The van der Waals surface area contributed by atoms with Crippen molar-refractivity contribution in [2.75, 3.05) is 18.5 Å². The zero-order chi connectivity index (χ0) is 16.5. The fraction of sp³-hybridized carbons (Fsp3) is 0.400. The van der Waals surface area contributed by atoms with Crippen LogP contribution in [0.1, 0.15) is 32.8 Å². The van der Waals surface area contributed by atoms with Crippen molar-refractivity contribution in [1.29, 1.82) is 0 Å². The molecule has 1 N–H and O–H groups in total. The maximum Gasteiger partial charge on any atom is 0.124 e. The van der Waals surface area contributed by atoms with Gasteiger partial charge in [-0.2, -0.15) is 0 Å². The van der Waals surface area contributed by atoms with Crippen molar-refractivity contribution >= 4 is 5.69 Å². The highest BCUT2D eigenvalue weighted by molar-refractivity contribution is 5.49. The number of hydrogen-bond acceptors (Lipinski definition) is 3. The molecule has 0 fully saturated rings. The molecule has 0 spiro atoms. The molecule has 2 aromatic rings. The van der Waals surface area contributed by atoms with Crippen LogP contribution in [-0.4, -0.2) is 13.2 Å². The van der Waals surface area contributed by atoms with Gasteiger partial charge in [-0.05, 0) is 37.5 Å². The Morgan fingerprint density at radius 1 is 1.00 bits per heavy atom. The summed E-state index contributed by atoms with van der Waals surface area (Å²) in [4.78, 5) is 0. The van der Waals surface area contributed by atoms with E-state index in [1.165, 1.54) is 0 Å². The molecule has 0 aromatic heterocycles. The minimum atomic E-state index is 0.659. The van der Waals surface area contributed by atoms with Crippen LogP contribution >= 0.6 is 0 Å². The lowest BCUT2D eigenvalue weighted by molar-refractivity contribution is 0.289. The first-order valence-corrected chi connectivity index (χ1v) is 8.36. The topological polar surface area (TPSA) is 30.5 Å². The Hall–Kier alpha value is -2.16. The second-order valence-corrected chi connectivity index (χ2v) is 5.95. The van der Waals surface area contributed by atoms with Gasteiger partial charge in [-0.1, -0.05) is 38.1 Å². The molecule has 3 nitrogen and oxygen atoms in total. The first-order valence-electron chi connectivity index (χ1n) is 8.36. The number of benzene rings is 2. The summed E-state index contributed by atoms with van der Waals surface area (Å²) < 4.78 is 11.5. The van der Waals surface area contributed by atoms with Gasteiger partial charge in [0.2, 0.25) is 0 Å². The first-order chi connectivity index (χ1) is 11.2. The number of hydrogen-bond donors (Lipinski definition) is 1. The van der Waals surface area contributed by atoms with Crippen LogP contribution in [0.5, 0.6) is 11.5 Å². The predicted molar refractivity (Wildman–Crippen MR) is 96.3 cm³/mol. The van der Waals surface area contributed by atoms with Crippen LogP contribution in [0.4, 0.5) is 5.69 Å². The molecule has 3 heteroatoms. The van der Waals surface area contributed by atoms with Gasteiger partial charge in [-0.15, -0.1) is 0 Å². The maximum atomic E-state index is 5.81. The van der Waals surface area contributed by atoms with Gasteiger partial charge in [0.15, 0.2) is 0 Å². The Labute approximate surface area is 139 Å². The van der Waals surface area contributed by atoms with Gasteiger partial charge in [0.05, 0.1) is 13.2 Å². The van der Waals surface area contributed by atoms with Gasteiger partial charge >= 0.3 is 0 Å².